The van der Waals surface area contributed by atoms with Crippen LogP contribution < -0.4 is 10.1 Å². The fraction of sp³-hybridized carbons (Fsp3) is 0.667. The molecule has 1 heterocycles. The van der Waals surface area contributed by atoms with Gasteiger partial charge in [-0.2, -0.15) is 0 Å². The van der Waals surface area contributed by atoms with Gasteiger partial charge in [-0.3, -0.25) is 0 Å². The molecule has 1 N–H and O–H groups in total. The van der Waals surface area contributed by atoms with E-state index in [1.165, 1.54) is 32.5 Å². The molecule has 0 aliphatic carbocycles. The molecule has 3 heteroatoms. The van der Waals surface area contributed by atoms with E-state index in [0.29, 0.717) is 6.04 Å². The molecule has 0 spiro atoms. The van der Waals surface area contributed by atoms with Gasteiger partial charge in [-0.15, -0.1) is 0 Å². The number of ether oxygens (including phenoxy) is 1. The maximum absolute atomic E-state index is 5.83. The van der Waals surface area contributed by atoms with Crippen LogP contribution in [0.25, 0.3) is 0 Å². The molecule has 1 fully saturated rings. The minimum Gasteiger partial charge on any atom is -0.491 e. The number of piperidine rings is 1. The lowest BCUT2D eigenvalue weighted by Gasteiger charge is -2.34. The van der Waals surface area contributed by atoms with Crippen LogP contribution in [-0.2, 0) is 0 Å². The molecule has 0 bridgehead atoms. The molecule has 0 unspecified atom stereocenters. The van der Waals surface area contributed by atoms with Crippen molar-refractivity contribution in [2.24, 2.45) is 5.92 Å². The summed E-state index contributed by atoms with van der Waals surface area (Å²) in [6.45, 7) is 11.1. The summed E-state index contributed by atoms with van der Waals surface area (Å²) in [7, 11) is 0. The molecule has 0 radical (unpaired) electrons. The Kier molecular flexibility index (Phi) is 6.37. The third-order valence-corrected chi connectivity index (χ3v) is 3.92. The molecule has 3 nitrogen and oxygen atoms in total. The molecule has 21 heavy (non-hydrogen) atoms. The van der Waals surface area contributed by atoms with Gasteiger partial charge in [0.25, 0.3) is 0 Å². The van der Waals surface area contributed by atoms with Gasteiger partial charge in [0.1, 0.15) is 5.75 Å². The van der Waals surface area contributed by atoms with E-state index in [1.807, 2.05) is 6.07 Å². The number of hydrogen-bond acceptors (Lipinski definition) is 3. The van der Waals surface area contributed by atoms with Crippen LogP contribution in [0.15, 0.2) is 24.3 Å². The number of para-hydroxylation sites is 2. The smallest absolute Gasteiger partial charge is 0.142 e. The van der Waals surface area contributed by atoms with Crippen molar-refractivity contribution >= 4 is 5.69 Å². The summed E-state index contributed by atoms with van der Waals surface area (Å²) in [5.74, 6) is 1.75. The minimum atomic E-state index is 0.569. The molecule has 2 rings (SSSR count). The van der Waals surface area contributed by atoms with E-state index in [4.69, 9.17) is 4.74 Å². The van der Waals surface area contributed by atoms with E-state index in [9.17, 15) is 0 Å². The third-order valence-electron chi connectivity index (χ3n) is 3.92. The molecule has 1 saturated heterocycles. The first kappa shape index (κ1) is 16.2. The second-order valence-corrected chi connectivity index (χ2v) is 6.46. The summed E-state index contributed by atoms with van der Waals surface area (Å²) in [4.78, 5) is 2.59. The van der Waals surface area contributed by atoms with Gasteiger partial charge in [0, 0.05) is 25.7 Å². The number of likely N-dealkylation sites (tertiary alicyclic amines) is 1. The van der Waals surface area contributed by atoms with Gasteiger partial charge in [0.2, 0.25) is 0 Å². The molecule has 118 valence electrons. The first-order valence-corrected chi connectivity index (χ1v) is 8.39. The second kappa shape index (κ2) is 8.28. The van der Waals surface area contributed by atoms with Gasteiger partial charge in [-0.1, -0.05) is 32.9 Å². The van der Waals surface area contributed by atoms with Gasteiger partial charge in [0.05, 0.1) is 12.3 Å². The van der Waals surface area contributed by atoms with Crippen molar-refractivity contribution in [3.8, 4) is 5.75 Å². The molecule has 1 aliphatic rings. The lowest BCUT2D eigenvalue weighted by Crippen LogP contribution is -2.40. The first-order chi connectivity index (χ1) is 10.2. The fourth-order valence-corrected chi connectivity index (χ4v) is 2.92. The van der Waals surface area contributed by atoms with Crippen LogP contribution in [0.3, 0.4) is 0 Å². The maximum atomic E-state index is 5.83. The number of nitrogens with zero attached hydrogens (tertiary/aromatic N) is 1. The zero-order valence-electron chi connectivity index (χ0n) is 13.8. The fourth-order valence-electron chi connectivity index (χ4n) is 2.92. The highest BCUT2D eigenvalue weighted by Gasteiger charge is 2.20. The Bertz CT molecular complexity index is 411. The predicted octanol–water partition coefficient (Wildman–Crippen LogP) is 4.01. The standard InChI is InChI=1S/C18H30N2O/c1-4-13-21-18-8-6-5-7-17(18)19-16-9-11-20(12-10-16)14-15(2)3/h5-8,15-16,19H,4,9-14H2,1-3H3. The average Bonchev–Trinajstić information content (AvgIpc) is 2.48. The normalized spacial score (nSPS) is 17.1. The lowest BCUT2D eigenvalue weighted by atomic mass is 10.0. The van der Waals surface area contributed by atoms with E-state index in [2.05, 4.69) is 49.2 Å². The number of hydrogen-bond donors (Lipinski definition) is 1. The van der Waals surface area contributed by atoms with Crippen LogP contribution in [0.5, 0.6) is 5.75 Å². The number of nitrogens with one attached hydrogen (secondary N) is 1. The highest BCUT2D eigenvalue weighted by molar-refractivity contribution is 5.56. The van der Waals surface area contributed by atoms with E-state index < -0.39 is 0 Å². The quantitative estimate of drug-likeness (QED) is 0.821. The average molecular weight is 290 g/mol. The second-order valence-electron chi connectivity index (χ2n) is 6.46. The Labute approximate surface area is 129 Å². The van der Waals surface area contributed by atoms with Crippen LogP contribution in [0.1, 0.15) is 40.0 Å². The molecule has 0 saturated carbocycles. The predicted molar refractivity (Wildman–Crippen MR) is 90.2 cm³/mol. The molecule has 1 aromatic rings. The van der Waals surface area contributed by atoms with Gasteiger partial charge in [0.15, 0.2) is 0 Å². The summed E-state index contributed by atoms with van der Waals surface area (Å²) >= 11 is 0. The summed E-state index contributed by atoms with van der Waals surface area (Å²) in [5, 5.41) is 3.68. The van der Waals surface area contributed by atoms with E-state index in [-0.39, 0.29) is 0 Å². The minimum absolute atomic E-state index is 0.569. The van der Waals surface area contributed by atoms with Crippen molar-refractivity contribution in [3.05, 3.63) is 24.3 Å². The van der Waals surface area contributed by atoms with Crippen molar-refractivity contribution in [1.82, 2.24) is 4.90 Å². The van der Waals surface area contributed by atoms with Crippen LogP contribution in [0.2, 0.25) is 0 Å². The Morgan fingerprint density at radius 1 is 1.24 bits per heavy atom. The molecule has 0 aromatic heterocycles. The van der Waals surface area contributed by atoms with E-state index in [1.54, 1.807) is 0 Å². The zero-order chi connectivity index (χ0) is 15.1. The Morgan fingerprint density at radius 3 is 2.62 bits per heavy atom. The topological polar surface area (TPSA) is 24.5 Å². The monoisotopic (exact) mass is 290 g/mol. The largest absolute Gasteiger partial charge is 0.491 e. The van der Waals surface area contributed by atoms with Gasteiger partial charge in [-0.05, 0) is 37.3 Å². The van der Waals surface area contributed by atoms with Crippen LogP contribution >= 0.6 is 0 Å². The van der Waals surface area contributed by atoms with Crippen LogP contribution in [0.4, 0.5) is 5.69 Å². The third kappa shape index (κ3) is 5.24. The maximum Gasteiger partial charge on any atom is 0.142 e. The summed E-state index contributed by atoms with van der Waals surface area (Å²) in [6.07, 6.45) is 3.48. The van der Waals surface area contributed by atoms with Crippen LogP contribution in [-0.4, -0.2) is 37.2 Å². The molecule has 0 atom stereocenters. The van der Waals surface area contributed by atoms with Crippen LogP contribution in [0, 0.1) is 5.92 Å². The van der Waals surface area contributed by atoms with Gasteiger partial charge < -0.3 is 15.0 Å². The molecular weight excluding hydrogens is 260 g/mol. The van der Waals surface area contributed by atoms with E-state index in [0.717, 1.165) is 30.4 Å². The highest BCUT2D eigenvalue weighted by Crippen LogP contribution is 2.26. The first-order valence-electron chi connectivity index (χ1n) is 8.39. The van der Waals surface area contributed by atoms with Crippen molar-refractivity contribution in [3.63, 3.8) is 0 Å². The van der Waals surface area contributed by atoms with Crippen molar-refractivity contribution in [2.45, 2.75) is 46.1 Å². The summed E-state index contributed by atoms with van der Waals surface area (Å²) < 4.78 is 5.83. The Balaban J connectivity index is 1.85. The Hall–Kier alpha value is -1.22. The van der Waals surface area contributed by atoms with Crippen molar-refractivity contribution < 1.29 is 4.74 Å². The lowest BCUT2D eigenvalue weighted by molar-refractivity contribution is 0.197. The number of rotatable bonds is 7. The molecule has 1 aromatic carbocycles. The molecule has 1 aliphatic heterocycles. The Morgan fingerprint density at radius 2 is 1.95 bits per heavy atom. The van der Waals surface area contributed by atoms with E-state index >= 15 is 0 Å². The SMILES string of the molecule is CCCOc1ccccc1NC1CCN(CC(C)C)CC1. The van der Waals surface area contributed by atoms with Crippen molar-refractivity contribution in [2.75, 3.05) is 31.6 Å². The van der Waals surface area contributed by atoms with Crippen molar-refractivity contribution in [1.29, 1.82) is 0 Å². The van der Waals surface area contributed by atoms with Gasteiger partial charge in [-0.25, -0.2) is 0 Å². The number of benzene rings is 1. The molecule has 0 amide bonds. The highest BCUT2D eigenvalue weighted by atomic mass is 16.5. The number of anilines is 1. The zero-order valence-corrected chi connectivity index (χ0v) is 13.8. The summed E-state index contributed by atoms with van der Waals surface area (Å²) in [6, 6.07) is 8.88. The summed E-state index contributed by atoms with van der Waals surface area (Å²) in [5.41, 5.74) is 1.15. The molecular formula is C18H30N2O. The van der Waals surface area contributed by atoms with Gasteiger partial charge >= 0.3 is 0 Å².